The molecule has 1 aromatic rings. The fourth-order valence-electron chi connectivity index (χ4n) is 3.64. The van der Waals surface area contributed by atoms with Crippen molar-refractivity contribution < 1.29 is 53.4 Å². The van der Waals surface area contributed by atoms with Gasteiger partial charge in [0.05, 0.1) is 25.1 Å². The van der Waals surface area contributed by atoms with E-state index in [1.54, 1.807) is 38.1 Å². The Morgan fingerprint density at radius 2 is 1.82 bits per heavy atom. The molecular weight excluding hydrogens is 505 g/mol. The van der Waals surface area contributed by atoms with E-state index in [1.165, 1.54) is 6.21 Å². The topological polar surface area (TPSA) is 218 Å². The molecule has 0 radical (unpaired) electrons. The molecule has 0 fully saturated rings. The van der Waals surface area contributed by atoms with E-state index >= 15 is 0 Å². The van der Waals surface area contributed by atoms with Crippen LogP contribution in [0, 0.1) is 5.92 Å². The van der Waals surface area contributed by atoms with Crippen molar-refractivity contribution in [1.82, 2.24) is 10.6 Å². The zero-order valence-corrected chi connectivity index (χ0v) is 20.7. The number of fused-ring (bicyclic) bond motifs is 1. The summed E-state index contributed by atoms with van der Waals surface area (Å²) in [7, 11) is -1.07. The van der Waals surface area contributed by atoms with Crippen molar-refractivity contribution in [3.63, 3.8) is 0 Å². The number of hydrogen-bond acceptors (Lipinski definition) is 12. The standard InChI is InChI=1S/C23H28BN3O11/c1-13(2)7-16(20(32)37-18(30)8-23(35,21(33)34)9-19(31)38-24-36)27-17(29)10-26-22(12-28)11-25-15-6-4-3-5-14(15)22/h3-6,11-13,16,24,26,35-36H,7-10H2,1-2H3,(H,27,29)(H,33,34)/t16-,22?,23?/m1/s1. The number of aliphatic hydroxyl groups is 1. The van der Waals surface area contributed by atoms with Crippen LogP contribution >= 0.6 is 0 Å². The fraction of sp³-hybridized carbons (Fsp3) is 0.435. The van der Waals surface area contributed by atoms with Gasteiger partial charge in [0.25, 0.3) is 5.97 Å². The number of aliphatic carboxylic acids is 1. The molecule has 1 aromatic carbocycles. The normalized spacial score (nSPS) is 18.0. The molecule has 14 nitrogen and oxygen atoms in total. The summed E-state index contributed by atoms with van der Waals surface area (Å²) in [6.07, 6.45) is -0.508. The molecule has 0 aliphatic carbocycles. The van der Waals surface area contributed by atoms with E-state index in [0.29, 0.717) is 17.5 Å². The summed E-state index contributed by atoms with van der Waals surface area (Å²) in [6.45, 7) is 3.05. The lowest BCUT2D eigenvalue weighted by atomic mass is 9.93. The van der Waals surface area contributed by atoms with Crippen LogP contribution in [0.4, 0.5) is 5.69 Å². The molecule has 2 unspecified atom stereocenters. The summed E-state index contributed by atoms with van der Waals surface area (Å²) in [5, 5.41) is 33.2. The van der Waals surface area contributed by atoms with E-state index in [-0.39, 0.29) is 12.3 Å². The van der Waals surface area contributed by atoms with Gasteiger partial charge in [0.15, 0.2) is 5.60 Å². The van der Waals surface area contributed by atoms with Crippen LogP contribution in [0.1, 0.15) is 38.7 Å². The van der Waals surface area contributed by atoms with Crippen molar-refractivity contribution in [3.8, 4) is 0 Å². The van der Waals surface area contributed by atoms with E-state index in [0.717, 1.165) is 0 Å². The Morgan fingerprint density at radius 3 is 2.42 bits per heavy atom. The van der Waals surface area contributed by atoms with Crippen molar-refractivity contribution in [3.05, 3.63) is 29.8 Å². The van der Waals surface area contributed by atoms with Gasteiger partial charge in [-0.2, -0.15) is 0 Å². The first-order valence-electron chi connectivity index (χ1n) is 11.5. The molecule has 0 saturated carbocycles. The third-order valence-electron chi connectivity index (χ3n) is 5.52. The maximum atomic E-state index is 12.6. The summed E-state index contributed by atoms with van der Waals surface area (Å²) in [5.74, 6) is -6.84. The maximum absolute atomic E-state index is 12.6. The molecule has 38 heavy (non-hydrogen) atoms. The van der Waals surface area contributed by atoms with Gasteiger partial charge in [0.2, 0.25) is 5.91 Å². The van der Waals surface area contributed by atoms with Crippen LogP contribution in [0.3, 0.4) is 0 Å². The molecule has 0 bridgehead atoms. The second-order valence-corrected chi connectivity index (χ2v) is 8.99. The highest BCUT2D eigenvalue weighted by Crippen LogP contribution is 2.33. The van der Waals surface area contributed by atoms with E-state index in [4.69, 9.17) is 5.02 Å². The summed E-state index contributed by atoms with van der Waals surface area (Å²) in [4.78, 5) is 76.4. The van der Waals surface area contributed by atoms with Crippen LogP contribution in [0.2, 0.25) is 0 Å². The Morgan fingerprint density at radius 1 is 1.16 bits per heavy atom. The molecule has 1 aliphatic rings. The van der Waals surface area contributed by atoms with Gasteiger partial charge in [-0.05, 0) is 18.4 Å². The number of aliphatic imine (C=N–C) groups is 1. The second kappa shape index (κ2) is 13.0. The first kappa shape index (κ1) is 30.3. The number of nitrogens with one attached hydrogen (secondary N) is 2. The lowest BCUT2D eigenvalue weighted by Gasteiger charge is -2.24. The minimum Gasteiger partial charge on any atom is -0.512 e. The highest BCUT2D eigenvalue weighted by molar-refractivity contribution is 6.20. The van der Waals surface area contributed by atoms with Crippen molar-refractivity contribution in [1.29, 1.82) is 0 Å². The zero-order chi connectivity index (χ0) is 28.5. The fourth-order valence-corrected chi connectivity index (χ4v) is 3.64. The van der Waals surface area contributed by atoms with Gasteiger partial charge in [-0.25, -0.2) is 9.59 Å². The Labute approximate surface area is 217 Å². The molecule has 1 amide bonds. The van der Waals surface area contributed by atoms with Crippen molar-refractivity contribution in [2.24, 2.45) is 10.9 Å². The number of aldehydes is 1. The second-order valence-electron chi connectivity index (χ2n) is 8.99. The molecule has 15 heteroatoms. The van der Waals surface area contributed by atoms with E-state index in [2.05, 4.69) is 25.0 Å². The largest absolute Gasteiger partial charge is 0.512 e. The highest BCUT2D eigenvalue weighted by atomic mass is 16.6. The van der Waals surface area contributed by atoms with Crippen LogP contribution in [0.5, 0.6) is 0 Å². The number of carboxylic acids is 1. The lowest BCUT2D eigenvalue weighted by molar-refractivity contribution is -0.175. The number of carbonyl (C=O) groups is 6. The molecule has 1 heterocycles. The van der Waals surface area contributed by atoms with Crippen molar-refractivity contribution in [2.75, 3.05) is 6.54 Å². The van der Waals surface area contributed by atoms with Crippen LogP contribution in [-0.4, -0.2) is 83.4 Å². The predicted molar refractivity (Wildman–Crippen MR) is 130 cm³/mol. The molecule has 0 saturated heterocycles. The van der Waals surface area contributed by atoms with Gasteiger partial charge < -0.3 is 34.7 Å². The van der Waals surface area contributed by atoms with Gasteiger partial charge in [0, 0.05) is 11.8 Å². The molecule has 5 N–H and O–H groups in total. The molecule has 0 spiro atoms. The average Bonchev–Trinajstić information content (AvgIpc) is 3.21. The zero-order valence-electron chi connectivity index (χ0n) is 20.7. The monoisotopic (exact) mass is 533 g/mol. The van der Waals surface area contributed by atoms with Crippen LogP contribution in [0.15, 0.2) is 29.3 Å². The van der Waals surface area contributed by atoms with Crippen molar-refractivity contribution >= 4 is 55.7 Å². The number of rotatable bonds is 14. The van der Waals surface area contributed by atoms with Gasteiger partial charge in [-0.3, -0.25) is 24.7 Å². The van der Waals surface area contributed by atoms with Crippen LogP contribution < -0.4 is 10.6 Å². The summed E-state index contributed by atoms with van der Waals surface area (Å²) < 4.78 is 8.81. The smallest absolute Gasteiger partial charge is 0.506 e. The number of esters is 2. The third-order valence-corrected chi connectivity index (χ3v) is 5.52. The van der Waals surface area contributed by atoms with Gasteiger partial charge >= 0.3 is 25.6 Å². The first-order valence-corrected chi connectivity index (χ1v) is 11.5. The minimum atomic E-state index is -2.97. The van der Waals surface area contributed by atoms with Gasteiger partial charge in [0.1, 0.15) is 17.9 Å². The van der Waals surface area contributed by atoms with Crippen LogP contribution in [0.25, 0.3) is 0 Å². The number of hydrogen-bond donors (Lipinski definition) is 5. The average molecular weight is 533 g/mol. The minimum absolute atomic E-state index is 0.0347. The van der Waals surface area contributed by atoms with Gasteiger partial charge in [-0.15, -0.1) is 0 Å². The number of benzene rings is 1. The number of carboxylic acid groups (broad SMARTS) is 1. The molecule has 204 valence electrons. The van der Waals surface area contributed by atoms with Gasteiger partial charge in [-0.1, -0.05) is 32.0 Å². The highest BCUT2D eigenvalue weighted by Gasteiger charge is 2.43. The number of ether oxygens (including phenoxy) is 1. The first-order chi connectivity index (χ1) is 17.9. The summed E-state index contributed by atoms with van der Waals surface area (Å²) in [5.41, 5.74) is -3.22. The third kappa shape index (κ3) is 7.78. The van der Waals surface area contributed by atoms with E-state index in [1.807, 2.05) is 0 Å². The number of nitrogens with zero attached hydrogens (tertiary/aromatic N) is 1. The quantitative estimate of drug-likeness (QED) is 0.0789. The lowest BCUT2D eigenvalue weighted by Crippen LogP contribution is -2.52. The van der Waals surface area contributed by atoms with Crippen LogP contribution in [-0.2, 0) is 43.7 Å². The summed E-state index contributed by atoms with van der Waals surface area (Å²) >= 11 is 0. The number of carbonyl (C=O) groups excluding carboxylic acids is 5. The van der Waals surface area contributed by atoms with E-state index in [9.17, 15) is 39.0 Å². The van der Waals surface area contributed by atoms with Crippen molar-refractivity contribution in [2.45, 2.75) is 50.3 Å². The Bertz CT molecular complexity index is 1130. The molecule has 3 atom stereocenters. The van der Waals surface area contributed by atoms with E-state index < -0.39 is 74.0 Å². The Hall–Kier alpha value is -3.95. The SMILES string of the molecule is CC(C)C[C@@H](NC(=O)CNC1(C=O)C=Nc2ccccc21)C(=O)OC(=O)CC(O)(CC(=O)OBO)C(=O)O. The Kier molecular flexibility index (Phi) is 10.4. The summed E-state index contributed by atoms with van der Waals surface area (Å²) in [6, 6.07) is 5.49. The molecule has 1 aliphatic heterocycles. The molecular formula is C23H28BN3O11. The maximum Gasteiger partial charge on any atom is 0.506 e. The number of para-hydroxylation sites is 1. The predicted octanol–water partition coefficient (Wildman–Crippen LogP) is -1.62. The Balaban J connectivity index is 2.04. The number of amides is 1. The molecule has 0 aromatic heterocycles. The molecule has 2 rings (SSSR count).